The number of nitrogens with zero attached hydrogens (tertiary/aromatic N) is 4. The number of methoxy groups -OCH3 is 1. The fourth-order valence-corrected chi connectivity index (χ4v) is 4.21. The topological polar surface area (TPSA) is 55.2 Å². The molecule has 4 rings (SSSR count). The first-order valence-electron chi connectivity index (χ1n) is 9.79. The molecule has 3 aromatic rings. The molecular weight excluding hydrogens is 382 g/mol. The molecule has 0 aliphatic carbocycles. The standard InChI is InChI=1S/C22H25N5OS/c1-28-14-6-13-27-21(20(25-22(27)29)18-8-2-3-11-24-18)19-9-5-12-26(19)16-17-7-4-10-23-15-17/h2-5,7-12,15,20-21H,6,13-14,16H2,1H3,(H,25,29). The van der Waals surface area contributed by atoms with Gasteiger partial charge in [-0.15, -0.1) is 0 Å². The Balaban J connectivity index is 1.68. The van der Waals surface area contributed by atoms with Crippen LogP contribution in [0.3, 0.4) is 0 Å². The molecule has 1 aliphatic rings. The van der Waals surface area contributed by atoms with Gasteiger partial charge in [-0.05, 0) is 54.5 Å². The quantitative estimate of drug-likeness (QED) is 0.457. The maximum absolute atomic E-state index is 5.72. The van der Waals surface area contributed by atoms with Crippen LogP contribution in [-0.4, -0.2) is 44.8 Å². The highest BCUT2D eigenvalue weighted by atomic mass is 32.1. The van der Waals surface area contributed by atoms with E-state index in [1.165, 1.54) is 11.3 Å². The van der Waals surface area contributed by atoms with Crippen LogP contribution in [0.25, 0.3) is 0 Å². The summed E-state index contributed by atoms with van der Waals surface area (Å²) in [5.74, 6) is 0. The molecule has 1 saturated heterocycles. The minimum Gasteiger partial charge on any atom is -0.385 e. The van der Waals surface area contributed by atoms with Crippen molar-refractivity contribution in [1.29, 1.82) is 0 Å². The molecule has 0 aromatic carbocycles. The highest BCUT2D eigenvalue weighted by molar-refractivity contribution is 7.80. The fourth-order valence-electron chi connectivity index (χ4n) is 3.88. The average Bonchev–Trinajstić information content (AvgIpc) is 3.33. The summed E-state index contributed by atoms with van der Waals surface area (Å²) in [7, 11) is 1.73. The minimum absolute atomic E-state index is 0.00575. The van der Waals surface area contributed by atoms with Gasteiger partial charge in [0.1, 0.15) is 0 Å². The number of thiocarbonyl (C=S) groups is 1. The molecule has 0 spiro atoms. The monoisotopic (exact) mass is 407 g/mol. The van der Waals surface area contributed by atoms with Crippen LogP contribution in [0.4, 0.5) is 0 Å². The molecular formula is C22H25N5OS. The van der Waals surface area contributed by atoms with E-state index in [4.69, 9.17) is 17.0 Å². The van der Waals surface area contributed by atoms with Crippen LogP contribution in [0.1, 0.15) is 35.5 Å². The second-order valence-electron chi connectivity index (χ2n) is 7.09. The van der Waals surface area contributed by atoms with Gasteiger partial charge in [-0.3, -0.25) is 9.97 Å². The number of pyridine rings is 2. The third-order valence-electron chi connectivity index (χ3n) is 5.19. The van der Waals surface area contributed by atoms with Crippen molar-refractivity contribution in [3.05, 3.63) is 84.2 Å². The summed E-state index contributed by atoms with van der Waals surface area (Å²) in [6.07, 6.45) is 8.57. The van der Waals surface area contributed by atoms with Gasteiger partial charge in [0.25, 0.3) is 0 Å². The molecule has 7 heteroatoms. The van der Waals surface area contributed by atoms with Crippen molar-refractivity contribution >= 4 is 17.3 Å². The minimum atomic E-state index is -0.00575. The van der Waals surface area contributed by atoms with E-state index in [-0.39, 0.29) is 12.1 Å². The van der Waals surface area contributed by atoms with Crippen LogP contribution >= 0.6 is 12.2 Å². The SMILES string of the molecule is COCCCN1C(=S)NC(c2ccccn2)C1c1cccn1Cc1cccnc1. The molecule has 4 heterocycles. The highest BCUT2D eigenvalue weighted by Gasteiger charge is 2.40. The lowest BCUT2D eigenvalue weighted by atomic mass is 10.0. The van der Waals surface area contributed by atoms with E-state index in [2.05, 4.69) is 55.2 Å². The van der Waals surface area contributed by atoms with E-state index in [0.717, 1.165) is 30.3 Å². The van der Waals surface area contributed by atoms with E-state index < -0.39 is 0 Å². The van der Waals surface area contributed by atoms with Gasteiger partial charge in [0.15, 0.2) is 5.11 Å². The van der Waals surface area contributed by atoms with Crippen molar-refractivity contribution in [2.45, 2.75) is 25.0 Å². The van der Waals surface area contributed by atoms with Crippen LogP contribution in [0.5, 0.6) is 0 Å². The molecule has 2 unspecified atom stereocenters. The number of ether oxygens (including phenoxy) is 1. The molecule has 0 saturated carbocycles. The number of nitrogens with one attached hydrogen (secondary N) is 1. The van der Waals surface area contributed by atoms with Crippen LogP contribution in [0.2, 0.25) is 0 Å². The van der Waals surface area contributed by atoms with E-state index in [9.17, 15) is 0 Å². The summed E-state index contributed by atoms with van der Waals surface area (Å²) >= 11 is 5.72. The lowest BCUT2D eigenvalue weighted by molar-refractivity contribution is 0.179. The predicted octanol–water partition coefficient (Wildman–Crippen LogP) is 3.34. The Morgan fingerprint density at radius 3 is 2.83 bits per heavy atom. The summed E-state index contributed by atoms with van der Waals surface area (Å²) in [6.45, 7) is 2.29. The summed E-state index contributed by atoms with van der Waals surface area (Å²) in [5, 5.41) is 4.27. The van der Waals surface area contributed by atoms with Crippen LogP contribution in [0.15, 0.2) is 67.3 Å². The van der Waals surface area contributed by atoms with Crippen molar-refractivity contribution in [3.63, 3.8) is 0 Å². The van der Waals surface area contributed by atoms with Crippen molar-refractivity contribution in [2.75, 3.05) is 20.3 Å². The third-order valence-corrected chi connectivity index (χ3v) is 5.54. The molecule has 1 N–H and O–H groups in total. The van der Waals surface area contributed by atoms with Crippen LogP contribution in [-0.2, 0) is 11.3 Å². The summed E-state index contributed by atoms with van der Waals surface area (Å²) < 4.78 is 7.54. The lowest BCUT2D eigenvalue weighted by Gasteiger charge is -2.29. The van der Waals surface area contributed by atoms with Gasteiger partial charge in [-0.1, -0.05) is 12.1 Å². The van der Waals surface area contributed by atoms with Crippen molar-refractivity contribution in [1.82, 2.24) is 24.8 Å². The maximum Gasteiger partial charge on any atom is 0.170 e. The lowest BCUT2D eigenvalue weighted by Crippen LogP contribution is -2.32. The smallest absolute Gasteiger partial charge is 0.170 e. The van der Waals surface area contributed by atoms with Crippen molar-refractivity contribution in [2.24, 2.45) is 0 Å². The first-order valence-corrected chi connectivity index (χ1v) is 10.2. The number of aromatic nitrogens is 3. The molecule has 0 bridgehead atoms. The second-order valence-corrected chi connectivity index (χ2v) is 7.48. The first-order chi connectivity index (χ1) is 14.3. The Labute approximate surface area is 176 Å². The zero-order chi connectivity index (χ0) is 20.1. The van der Waals surface area contributed by atoms with Crippen molar-refractivity contribution in [3.8, 4) is 0 Å². The molecule has 3 aromatic heterocycles. The van der Waals surface area contributed by atoms with E-state index in [1.807, 2.05) is 30.6 Å². The molecule has 29 heavy (non-hydrogen) atoms. The largest absolute Gasteiger partial charge is 0.385 e. The molecule has 1 aliphatic heterocycles. The van der Waals surface area contributed by atoms with E-state index in [0.29, 0.717) is 6.61 Å². The van der Waals surface area contributed by atoms with E-state index in [1.54, 1.807) is 13.3 Å². The fraction of sp³-hybridized carbons (Fsp3) is 0.318. The Morgan fingerprint density at radius 1 is 1.14 bits per heavy atom. The van der Waals surface area contributed by atoms with Gasteiger partial charge in [0, 0.05) is 57.3 Å². The summed E-state index contributed by atoms with van der Waals surface area (Å²) in [4.78, 5) is 11.1. The molecule has 2 atom stereocenters. The Morgan fingerprint density at radius 2 is 2.07 bits per heavy atom. The van der Waals surface area contributed by atoms with Crippen LogP contribution in [0, 0.1) is 0 Å². The zero-order valence-electron chi connectivity index (χ0n) is 16.4. The van der Waals surface area contributed by atoms with E-state index >= 15 is 0 Å². The summed E-state index contributed by atoms with van der Waals surface area (Å²) in [5.41, 5.74) is 3.36. The Kier molecular flexibility index (Phi) is 6.17. The van der Waals surface area contributed by atoms with Gasteiger partial charge in [0.05, 0.1) is 17.8 Å². The average molecular weight is 408 g/mol. The highest BCUT2D eigenvalue weighted by Crippen LogP contribution is 2.38. The summed E-state index contributed by atoms with van der Waals surface area (Å²) in [6, 6.07) is 14.4. The predicted molar refractivity (Wildman–Crippen MR) is 116 cm³/mol. The van der Waals surface area contributed by atoms with Gasteiger partial charge < -0.3 is 19.5 Å². The number of hydrogen-bond acceptors (Lipinski definition) is 4. The first kappa shape index (κ1) is 19.5. The normalized spacial score (nSPS) is 18.8. The Bertz CT molecular complexity index is 931. The van der Waals surface area contributed by atoms with Gasteiger partial charge in [0.2, 0.25) is 0 Å². The van der Waals surface area contributed by atoms with Crippen molar-refractivity contribution < 1.29 is 4.74 Å². The van der Waals surface area contributed by atoms with Gasteiger partial charge >= 0.3 is 0 Å². The van der Waals surface area contributed by atoms with Gasteiger partial charge in [-0.25, -0.2) is 0 Å². The van der Waals surface area contributed by atoms with Gasteiger partial charge in [-0.2, -0.15) is 0 Å². The number of rotatable bonds is 8. The molecule has 6 nitrogen and oxygen atoms in total. The van der Waals surface area contributed by atoms with Crippen LogP contribution < -0.4 is 5.32 Å². The number of hydrogen-bond donors (Lipinski definition) is 1. The maximum atomic E-state index is 5.72. The second kappa shape index (κ2) is 9.15. The Hall–Kier alpha value is -2.77. The zero-order valence-corrected chi connectivity index (χ0v) is 17.3. The molecule has 0 radical (unpaired) electrons. The molecule has 1 fully saturated rings. The molecule has 0 amide bonds. The molecule has 150 valence electrons. The third kappa shape index (κ3) is 4.31.